The number of thiazole rings is 1. The van der Waals surface area contributed by atoms with Crippen LogP contribution < -0.4 is 4.80 Å². The molecule has 0 amide bonds. The van der Waals surface area contributed by atoms with E-state index < -0.39 is 0 Å². The number of halogens is 2. The van der Waals surface area contributed by atoms with E-state index in [1.54, 1.807) is 23.1 Å². The third kappa shape index (κ3) is 3.48. The van der Waals surface area contributed by atoms with Crippen LogP contribution in [0.2, 0.25) is 10.0 Å². The number of benzene rings is 1. The van der Waals surface area contributed by atoms with Crippen molar-refractivity contribution in [1.29, 1.82) is 0 Å². The lowest BCUT2D eigenvalue weighted by atomic mass is 10.2. The summed E-state index contributed by atoms with van der Waals surface area (Å²) in [6.45, 7) is 4.54. The van der Waals surface area contributed by atoms with Gasteiger partial charge in [0.1, 0.15) is 11.5 Å². The van der Waals surface area contributed by atoms with Crippen molar-refractivity contribution in [3.8, 4) is 11.3 Å². The van der Waals surface area contributed by atoms with Gasteiger partial charge in [0.2, 0.25) is 4.80 Å². The predicted molar refractivity (Wildman–Crippen MR) is 100 cm³/mol. The number of hydrogen-bond acceptors (Lipinski definition) is 4. The third-order valence-electron chi connectivity index (χ3n) is 3.31. The minimum Gasteiger partial charge on any atom is -0.463 e. The highest BCUT2D eigenvalue weighted by Gasteiger charge is 2.13. The van der Waals surface area contributed by atoms with Crippen LogP contribution in [0.1, 0.15) is 19.6 Å². The quantitative estimate of drug-likeness (QED) is 0.566. The fraction of sp³-hybridized carbons (Fsp3) is 0.176. The molecule has 1 aromatic carbocycles. The Kier molecular flexibility index (Phi) is 5.23. The van der Waals surface area contributed by atoms with Crippen LogP contribution in [-0.4, -0.2) is 16.9 Å². The molecule has 0 fully saturated rings. The molecule has 2 aromatic heterocycles. The molecule has 0 radical (unpaired) electrons. The molecule has 0 saturated carbocycles. The van der Waals surface area contributed by atoms with E-state index >= 15 is 0 Å². The molecule has 0 bridgehead atoms. The van der Waals surface area contributed by atoms with Crippen LogP contribution in [0.25, 0.3) is 11.3 Å². The van der Waals surface area contributed by atoms with Crippen molar-refractivity contribution < 1.29 is 4.42 Å². The Morgan fingerprint density at radius 2 is 2.12 bits per heavy atom. The zero-order valence-electron chi connectivity index (χ0n) is 13.2. The number of furan rings is 1. The Labute approximate surface area is 153 Å². The standard InChI is InChI=1S/C17H15Cl2N3OS/c1-3-20-17-22(21-11(2)16-5-4-8-23-16)15(10-24-17)13-9-12(18)6-7-14(13)19/h4-10H,3H2,1-2H3. The van der Waals surface area contributed by atoms with E-state index in [0.717, 1.165) is 21.8 Å². The zero-order valence-corrected chi connectivity index (χ0v) is 15.5. The van der Waals surface area contributed by atoms with Crippen LogP contribution in [-0.2, 0) is 0 Å². The Morgan fingerprint density at radius 1 is 1.29 bits per heavy atom. The first kappa shape index (κ1) is 17.0. The van der Waals surface area contributed by atoms with Crippen LogP contribution in [0.5, 0.6) is 0 Å². The van der Waals surface area contributed by atoms with E-state index in [9.17, 15) is 0 Å². The summed E-state index contributed by atoms with van der Waals surface area (Å²) in [6.07, 6.45) is 1.62. The molecule has 0 spiro atoms. The molecule has 7 heteroatoms. The molecule has 124 valence electrons. The van der Waals surface area contributed by atoms with Gasteiger partial charge in [-0.3, -0.25) is 4.99 Å². The van der Waals surface area contributed by atoms with Crippen LogP contribution in [0.3, 0.4) is 0 Å². The average Bonchev–Trinajstić information content (AvgIpc) is 3.21. The monoisotopic (exact) mass is 379 g/mol. The molecular formula is C17H15Cl2N3OS. The van der Waals surface area contributed by atoms with E-state index in [1.807, 2.05) is 37.4 Å². The van der Waals surface area contributed by atoms with Crippen molar-refractivity contribution in [1.82, 2.24) is 4.68 Å². The highest BCUT2D eigenvalue weighted by Crippen LogP contribution is 2.31. The molecule has 3 aromatic rings. The summed E-state index contributed by atoms with van der Waals surface area (Å²) in [4.78, 5) is 5.29. The molecule has 0 atom stereocenters. The first-order valence-electron chi connectivity index (χ1n) is 7.36. The Balaban J connectivity index is 2.20. The van der Waals surface area contributed by atoms with E-state index in [4.69, 9.17) is 27.6 Å². The molecule has 3 rings (SSSR count). The topological polar surface area (TPSA) is 42.8 Å². The average molecular weight is 380 g/mol. The number of nitrogens with zero attached hydrogens (tertiary/aromatic N) is 3. The van der Waals surface area contributed by atoms with Crippen LogP contribution >= 0.6 is 34.5 Å². The van der Waals surface area contributed by atoms with E-state index in [-0.39, 0.29) is 0 Å². The second-order valence-corrected chi connectivity index (χ2v) is 6.66. The molecule has 0 aliphatic rings. The Bertz CT molecular complexity index is 939. The van der Waals surface area contributed by atoms with Crippen molar-refractivity contribution in [3.05, 3.63) is 62.6 Å². The summed E-state index contributed by atoms with van der Waals surface area (Å²) in [5.74, 6) is 0.708. The van der Waals surface area contributed by atoms with Crippen molar-refractivity contribution >= 4 is 40.3 Å². The van der Waals surface area contributed by atoms with Crippen molar-refractivity contribution in [2.24, 2.45) is 10.1 Å². The highest BCUT2D eigenvalue weighted by molar-refractivity contribution is 7.07. The van der Waals surface area contributed by atoms with Gasteiger partial charge in [-0.15, -0.1) is 11.3 Å². The Morgan fingerprint density at radius 3 is 2.83 bits per heavy atom. The maximum Gasteiger partial charge on any atom is 0.206 e. The van der Waals surface area contributed by atoms with Crippen molar-refractivity contribution in [3.63, 3.8) is 0 Å². The zero-order chi connectivity index (χ0) is 17.1. The summed E-state index contributed by atoms with van der Waals surface area (Å²) in [7, 11) is 0. The van der Waals surface area contributed by atoms with Gasteiger partial charge in [-0.1, -0.05) is 23.2 Å². The lowest BCUT2D eigenvalue weighted by Crippen LogP contribution is -2.14. The van der Waals surface area contributed by atoms with Gasteiger partial charge in [0.05, 0.1) is 17.0 Å². The first-order chi connectivity index (χ1) is 11.6. The Hall–Kier alpha value is -1.82. The third-order valence-corrected chi connectivity index (χ3v) is 4.73. The minimum absolute atomic E-state index is 0.611. The first-order valence-corrected chi connectivity index (χ1v) is 8.99. The molecule has 0 saturated heterocycles. The maximum absolute atomic E-state index is 6.36. The fourth-order valence-corrected chi connectivity index (χ4v) is 3.48. The largest absolute Gasteiger partial charge is 0.463 e. The van der Waals surface area contributed by atoms with Crippen molar-refractivity contribution in [2.75, 3.05) is 6.54 Å². The van der Waals surface area contributed by atoms with Gasteiger partial charge >= 0.3 is 0 Å². The van der Waals surface area contributed by atoms with E-state index in [1.165, 1.54) is 11.3 Å². The van der Waals surface area contributed by atoms with E-state index in [0.29, 0.717) is 22.4 Å². The summed E-state index contributed by atoms with van der Waals surface area (Å²) in [6, 6.07) is 9.07. The van der Waals surface area contributed by atoms with Gasteiger partial charge < -0.3 is 4.42 Å². The predicted octanol–water partition coefficient (Wildman–Crippen LogP) is 5.31. The minimum atomic E-state index is 0.611. The van der Waals surface area contributed by atoms with Crippen LogP contribution in [0, 0.1) is 0 Å². The summed E-state index contributed by atoms with van der Waals surface area (Å²) >= 11 is 14.0. The highest BCUT2D eigenvalue weighted by atomic mass is 35.5. The summed E-state index contributed by atoms with van der Waals surface area (Å²) < 4.78 is 7.20. The van der Waals surface area contributed by atoms with Gasteiger partial charge in [0.25, 0.3) is 0 Å². The lowest BCUT2D eigenvalue weighted by molar-refractivity contribution is 0.556. The fourth-order valence-electron chi connectivity index (χ4n) is 2.20. The molecule has 0 aliphatic carbocycles. The van der Waals surface area contributed by atoms with Crippen molar-refractivity contribution in [2.45, 2.75) is 13.8 Å². The van der Waals surface area contributed by atoms with Gasteiger partial charge in [-0.25, -0.2) is 4.68 Å². The number of rotatable bonds is 4. The molecule has 0 unspecified atom stereocenters. The van der Waals surface area contributed by atoms with E-state index in [2.05, 4.69) is 10.1 Å². The molecular weight excluding hydrogens is 365 g/mol. The normalized spacial score (nSPS) is 12.8. The SMILES string of the molecule is CCN=c1scc(-c2cc(Cl)ccc2Cl)n1N=C(C)c1ccco1. The van der Waals surface area contributed by atoms with Crippen LogP contribution in [0.4, 0.5) is 0 Å². The van der Waals surface area contributed by atoms with Gasteiger partial charge in [0.15, 0.2) is 0 Å². The maximum atomic E-state index is 6.36. The second-order valence-electron chi connectivity index (χ2n) is 4.98. The second kappa shape index (κ2) is 7.38. The molecule has 2 heterocycles. The number of hydrogen-bond donors (Lipinski definition) is 0. The molecule has 4 nitrogen and oxygen atoms in total. The van der Waals surface area contributed by atoms with Gasteiger partial charge in [-0.2, -0.15) is 5.10 Å². The summed E-state index contributed by atoms with van der Waals surface area (Å²) in [5.41, 5.74) is 2.40. The van der Waals surface area contributed by atoms with Gasteiger partial charge in [-0.05, 0) is 44.2 Å². The molecule has 24 heavy (non-hydrogen) atoms. The van der Waals surface area contributed by atoms with Gasteiger partial charge in [0, 0.05) is 22.5 Å². The summed E-state index contributed by atoms with van der Waals surface area (Å²) in [5, 5.41) is 7.89. The molecule has 0 aliphatic heterocycles. The lowest BCUT2D eigenvalue weighted by Gasteiger charge is -2.07. The van der Waals surface area contributed by atoms with Crippen LogP contribution in [0.15, 0.2) is 56.5 Å². The number of aromatic nitrogens is 1. The molecule has 0 N–H and O–H groups in total. The smallest absolute Gasteiger partial charge is 0.206 e.